The van der Waals surface area contributed by atoms with Gasteiger partial charge >= 0.3 is 0 Å². The van der Waals surface area contributed by atoms with Gasteiger partial charge in [0.2, 0.25) is 5.89 Å². The Balaban J connectivity index is 0.00000180. The third kappa shape index (κ3) is 3.94. The molecule has 0 unspecified atom stereocenters. The first kappa shape index (κ1) is 15.5. The molecule has 6 heteroatoms. The first-order chi connectivity index (χ1) is 8.58. The number of nitrogens with zero attached hydrogens (tertiary/aromatic N) is 3. The van der Waals surface area contributed by atoms with E-state index in [9.17, 15) is 0 Å². The second-order valence-electron chi connectivity index (χ2n) is 4.51. The van der Waals surface area contributed by atoms with Gasteiger partial charge in [-0.2, -0.15) is 4.98 Å². The molecule has 0 bridgehead atoms. The maximum absolute atomic E-state index is 5.43. The van der Waals surface area contributed by atoms with Crippen molar-refractivity contribution >= 4 is 18.1 Å². The Labute approximate surface area is 119 Å². The van der Waals surface area contributed by atoms with Crippen molar-refractivity contribution in [2.24, 2.45) is 5.73 Å². The number of aromatic nitrogens is 2. The van der Waals surface area contributed by atoms with E-state index in [1.165, 1.54) is 11.1 Å². The molecule has 1 aromatic heterocycles. The van der Waals surface area contributed by atoms with Gasteiger partial charge in [-0.05, 0) is 37.1 Å². The van der Waals surface area contributed by atoms with Gasteiger partial charge in [-0.15, -0.1) is 12.4 Å². The molecule has 2 N–H and O–H groups in total. The first-order valence-corrected chi connectivity index (χ1v) is 5.89. The van der Waals surface area contributed by atoms with Crippen LogP contribution in [-0.2, 0) is 13.1 Å². The van der Waals surface area contributed by atoms with Gasteiger partial charge in [0.1, 0.15) is 0 Å². The summed E-state index contributed by atoms with van der Waals surface area (Å²) in [5.74, 6) is 1.12. The summed E-state index contributed by atoms with van der Waals surface area (Å²) in [4.78, 5) is 6.28. The van der Waals surface area contributed by atoms with Crippen molar-refractivity contribution in [1.29, 1.82) is 0 Å². The van der Waals surface area contributed by atoms with Crippen LogP contribution in [0.3, 0.4) is 0 Å². The number of hydrogen-bond acceptors (Lipinski definition) is 5. The number of rotatable bonds is 4. The number of hydrogen-bond donors (Lipinski definition) is 1. The highest BCUT2D eigenvalue weighted by Crippen LogP contribution is 2.18. The molecule has 0 aliphatic heterocycles. The van der Waals surface area contributed by atoms with Crippen LogP contribution in [0.5, 0.6) is 0 Å². The number of anilines is 1. The summed E-state index contributed by atoms with van der Waals surface area (Å²) in [5, 5.41) is 3.89. The minimum Gasteiger partial charge on any atom is -0.367 e. The van der Waals surface area contributed by atoms with Crippen molar-refractivity contribution in [3.05, 3.63) is 41.0 Å². The molecule has 1 aromatic carbocycles. The van der Waals surface area contributed by atoms with Crippen LogP contribution in [0, 0.1) is 13.8 Å². The summed E-state index contributed by atoms with van der Waals surface area (Å²) in [6.45, 7) is 5.06. The van der Waals surface area contributed by atoms with Gasteiger partial charge in [0.15, 0.2) is 5.82 Å². The van der Waals surface area contributed by atoms with E-state index in [1.807, 2.05) is 7.05 Å². The summed E-state index contributed by atoms with van der Waals surface area (Å²) >= 11 is 0. The minimum atomic E-state index is 0. The first-order valence-electron chi connectivity index (χ1n) is 5.89. The fourth-order valence-electron chi connectivity index (χ4n) is 1.91. The quantitative estimate of drug-likeness (QED) is 0.931. The normalized spacial score (nSPS) is 10.1. The molecule has 0 aliphatic rings. The standard InChI is InChI=1S/C13H18N4O.ClH/c1-9-4-10(2)6-11(5-9)17(3)8-12-15-13(7-14)18-16-12;/h4-6H,7-8,14H2,1-3H3;1H. The van der Waals surface area contributed by atoms with E-state index in [2.05, 4.69) is 47.1 Å². The SMILES string of the molecule is Cc1cc(C)cc(N(C)Cc2noc(CN)n2)c1.Cl. The zero-order valence-electron chi connectivity index (χ0n) is 11.4. The van der Waals surface area contributed by atoms with Gasteiger partial charge in [0, 0.05) is 12.7 Å². The molecule has 0 saturated heterocycles. The van der Waals surface area contributed by atoms with E-state index in [0.29, 0.717) is 18.3 Å². The fourth-order valence-corrected chi connectivity index (χ4v) is 1.91. The smallest absolute Gasteiger partial charge is 0.240 e. The lowest BCUT2D eigenvalue weighted by Gasteiger charge is -2.18. The van der Waals surface area contributed by atoms with E-state index < -0.39 is 0 Å². The maximum Gasteiger partial charge on any atom is 0.240 e. The molecular weight excluding hydrogens is 264 g/mol. The summed E-state index contributed by atoms with van der Waals surface area (Å²) in [7, 11) is 2.01. The summed E-state index contributed by atoms with van der Waals surface area (Å²) in [6.07, 6.45) is 0. The molecule has 0 radical (unpaired) electrons. The highest BCUT2D eigenvalue weighted by atomic mass is 35.5. The van der Waals surface area contributed by atoms with Crippen molar-refractivity contribution in [1.82, 2.24) is 10.1 Å². The van der Waals surface area contributed by atoms with Crippen LogP contribution in [0.15, 0.2) is 22.7 Å². The average molecular weight is 283 g/mol. The third-order valence-corrected chi connectivity index (χ3v) is 2.71. The molecule has 19 heavy (non-hydrogen) atoms. The van der Waals surface area contributed by atoms with Crippen molar-refractivity contribution < 1.29 is 4.52 Å². The highest BCUT2D eigenvalue weighted by Gasteiger charge is 2.09. The average Bonchev–Trinajstić information content (AvgIpc) is 2.75. The third-order valence-electron chi connectivity index (χ3n) is 2.71. The Morgan fingerprint density at radius 2 is 1.84 bits per heavy atom. The van der Waals surface area contributed by atoms with Crippen molar-refractivity contribution in [3.63, 3.8) is 0 Å². The van der Waals surface area contributed by atoms with Gasteiger partial charge in [0.25, 0.3) is 0 Å². The van der Waals surface area contributed by atoms with Crippen molar-refractivity contribution in [2.75, 3.05) is 11.9 Å². The number of halogens is 1. The van der Waals surface area contributed by atoms with Crippen LogP contribution in [0.4, 0.5) is 5.69 Å². The van der Waals surface area contributed by atoms with Crippen LogP contribution >= 0.6 is 12.4 Å². The van der Waals surface area contributed by atoms with Crippen molar-refractivity contribution in [3.8, 4) is 0 Å². The monoisotopic (exact) mass is 282 g/mol. The largest absolute Gasteiger partial charge is 0.367 e. The molecule has 0 saturated carbocycles. The predicted molar refractivity (Wildman–Crippen MR) is 77.5 cm³/mol. The second-order valence-corrected chi connectivity index (χ2v) is 4.51. The van der Waals surface area contributed by atoms with Gasteiger partial charge in [0.05, 0.1) is 13.1 Å². The summed E-state index contributed by atoms with van der Waals surface area (Å²) in [6, 6.07) is 6.42. The Bertz CT molecular complexity index is 521. The molecule has 0 fully saturated rings. The van der Waals surface area contributed by atoms with Crippen LogP contribution in [0.2, 0.25) is 0 Å². The molecule has 0 spiro atoms. The zero-order valence-corrected chi connectivity index (χ0v) is 12.2. The molecule has 2 rings (SSSR count). The Hall–Kier alpha value is -1.59. The lowest BCUT2D eigenvalue weighted by atomic mass is 10.1. The van der Waals surface area contributed by atoms with Gasteiger partial charge in [-0.1, -0.05) is 11.2 Å². The maximum atomic E-state index is 5.43. The van der Waals surface area contributed by atoms with Gasteiger partial charge < -0.3 is 15.2 Å². The topological polar surface area (TPSA) is 68.2 Å². The lowest BCUT2D eigenvalue weighted by Crippen LogP contribution is -2.17. The molecule has 0 aliphatic carbocycles. The van der Waals surface area contributed by atoms with E-state index in [0.717, 1.165) is 5.69 Å². The molecule has 0 atom stereocenters. The van der Waals surface area contributed by atoms with Crippen LogP contribution in [0.1, 0.15) is 22.8 Å². The number of nitrogens with two attached hydrogens (primary N) is 1. The lowest BCUT2D eigenvalue weighted by molar-refractivity contribution is 0.374. The Kier molecular flexibility index (Phi) is 5.32. The minimum absolute atomic E-state index is 0. The van der Waals surface area contributed by atoms with E-state index in [4.69, 9.17) is 10.3 Å². The van der Waals surface area contributed by atoms with Crippen LogP contribution < -0.4 is 10.6 Å². The van der Waals surface area contributed by atoms with Crippen molar-refractivity contribution in [2.45, 2.75) is 26.9 Å². The number of aryl methyl sites for hydroxylation is 2. The van der Waals surface area contributed by atoms with Crippen LogP contribution in [0.25, 0.3) is 0 Å². The van der Waals surface area contributed by atoms with E-state index in [1.54, 1.807) is 0 Å². The number of benzene rings is 1. The molecule has 5 nitrogen and oxygen atoms in total. The van der Waals surface area contributed by atoms with Gasteiger partial charge in [-0.25, -0.2) is 0 Å². The highest BCUT2D eigenvalue weighted by molar-refractivity contribution is 5.85. The summed E-state index contributed by atoms with van der Waals surface area (Å²) in [5.41, 5.74) is 9.07. The van der Waals surface area contributed by atoms with E-state index in [-0.39, 0.29) is 19.0 Å². The molecule has 2 aromatic rings. The molecule has 104 valence electrons. The van der Waals surface area contributed by atoms with E-state index >= 15 is 0 Å². The molecule has 0 amide bonds. The molecular formula is C13H19ClN4O. The Morgan fingerprint density at radius 3 is 2.37 bits per heavy atom. The summed E-state index contributed by atoms with van der Waals surface area (Å²) < 4.78 is 4.99. The second kappa shape index (κ2) is 6.54. The van der Waals surface area contributed by atoms with Crippen LogP contribution in [-0.4, -0.2) is 17.2 Å². The van der Waals surface area contributed by atoms with Gasteiger partial charge in [-0.3, -0.25) is 0 Å². The Morgan fingerprint density at radius 1 is 1.21 bits per heavy atom. The predicted octanol–water partition coefficient (Wildman–Crippen LogP) is 2.20. The fraction of sp³-hybridized carbons (Fsp3) is 0.385. The molecule has 1 heterocycles. The zero-order chi connectivity index (χ0) is 13.1.